The van der Waals surface area contributed by atoms with Gasteiger partial charge in [0.15, 0.2) is 11.5 Å². The second-order valence-electron chi connectivity index (χ2n) is 6.18. The molecule has 3 aromatic rings. The molecule has 0 radical (unpaired) electrons. The summed E-state index contributed by atoms with van der Waals surface area (Å²) in [6.07, 6.45) is 3.76. The number of allylic oxidation sites excluding steroid dienone is 1. The standard InChI is InChI=1S/C22H23NO4/c1-5-8-16-11-17(13-20(25-3)21(16)26-4)22(24)23-14(2)19-12-15-9-6-7-10-18(15)27-19/h5-14H,1-4H3,(H,23,24). The van der Waals surface area contributed by atoms with Crippen LogP contribution in [0.2, 0.25) is 0 Å². The number of furan rings is 1. The third-order valence-corrected chi connectivity index (χ3v) is 4.33. The molecule has 0 saturated heterocycles. The Kier molecular flexibility index (Phi) is 5.50. The molecule has 1 heterocycles. The maximum Gasteiger partial charge on any atom is 0.252 e. The van der Waals surface area contributed by atoms with E-state index in [0.717, 1.165) is 16.5 Å². The average molecular weight is 365 g/mol. The zero-order valence-electron chi connectivity index (χ0n) is 15.9. The van der Waals surface area contributed by atoms with E-state index in [4.69, 9.17) is 13.9 Å². The fraction of sp³-hybridized carbons (Fsp3) is 0.227. The summed E-state index contributed by atoms with van der Waals surface area (Å²) in [6, 6.07) is 12.9. The van der Waals surface area contributed by atoms with Crippen molar-refractivity contribution in [1.29, 1.82) is 0 Å². The zero-order chi connectivity index (χ0) is 19.4. The molecular formula is C22H23NO4. The fourth-order valence-electron chi connectivity index (χ4n) is 3.00. The second-order valence-corrected chi connectivity index (χ2v) is 6.18. The van der Waals surface area contributed by atoms with E-state index in [1.807, 2.05) is 56.3 Å². The third kappa shape index (κ3) is 3.82. The van der Waals surface area contributed by atoms with E-state index in [-0.39, 0.29) is 11.9 Å². The lowest BCUT2D eigenvalue weighted by Crippen LogP contribution is -2.26. The van der Waals surface area contributed by atoms with Crippen molar-refractivity contribution in [3.05, 3.63) is 65.4 Å². The summed E-state index contributed by atoms with van der Waals surface area (Å²) in [7, 11) is 3.13. The fourth-order valence-corrected chi connectivity index (χ4v) is 3.00. The predicted octanol–water partition coefficient (Wildman–Crippen LogP) is 4.97. The van der Waals surface area contributed by atoms with E-state index in [1.165, 1.54) is 0 Å². The molecule has 1 unspecified atom stereocenters. The van der Waals surface area contributed by atoms with Gasteiger partial charge in [0.25, 0.3) is 5.91 Å². The largest absolute Gasteiger partial charge is 0.493 e. The van der Waals surface area contributed by atoms with Crippen LogP contribution in [0.5, 0.6) is 11.5 Å². The van der Waals surface area contributed by atoms with Gasteiger partial charge in [0, 0.05) is 16.5 Å². The number of carbonyl (C=O) groups excluding carboxylic acids is 1. The smallest absolute Gasteiger partial charge is 0.252 e. The minimum atomic E-state index is -0.275. The first-order valence-corrected chi connectivity index (χ1v) is 8.75. The summed E-state index contributed by atoms with van der Waals surface area (Å²) in [5.41, 5.74) is 2.07. The predicted molar refractivity (Wildman–Crippen MR) is 106 cm³/mol. The van der Waals surface area contributed by atoms with Gasteiger partial charge in [-0.1, -0.05) is 30.4 Å². The number of hydrogen-bond acceptors (Lipinski definition) is 4. The number of fused-ring (bicyclic) bond motifs is 1. The molecule has 1 atom stereocenters. The van der Waals surface area contributed by atoms with Crippen LogP contribution in [-0.4, -0.2) is 20.1 Å². The van der Waals surface area contributed by atoms with Crippen molar-refractivity contribution in [3.8, 4) is 11.5 Å². The second kappa shape index (κ2) is 7.99. The van der Waals surface area contributed by atoms with E-state index in [2.05, 4.69) is 5.32 Å². The third-order valence-electron chi connectivity index (χ3n) is 4.33. The number of amides is 1. The number of rotatable bonds is 6. The lowest BCUT2D eigenvalue weighted by atomic mass is 10.1. The van der Waals surface area contributed by atoms with Gasteiger partial charge in [0.05, 0.1) is 20.3 Å². The minimum Gasteiger partial charge on any atom is -0.493 e. The van der Waals surface area contributed by atoms with Crippen LogP contribution in [0.1, 0.15) is 41.6 Å². The van der Waals surface area contributed by atoms with E-state index in [9.17, 15) is 4.79 Å². The lowest BCUT2D eigenvalue weighted by Gasteiger charge is -2.15. The first-order chi connectivity index (χ1) is 13.1. The number of hydrogen-bond donors (Lipinski definition) is 1. The van der Waals surface area contributed by atoms with Gasteiger partial charge >= 0.3 is 0 Å². The summed E-state index contributed by atoms with van der Waals surface area (Å²) < 4.78 is 16.6. The van der Waals surface area contributed by atoms with Crippen LogP contribution in [0.15, 0.2) is 53.0 Å². The summed E-state index contributed by atoms with van der Waals surface area (Å²) in [6.45, 7) is 3.80. The lowest BCUT2D eigenvalue weighted by molar-refractivity contribution is 0.0935. The highest BCUT2D eigenvalue weighted by Crippen LogP contribution is 2.34. The summed E-state index contributed by atoms with van der Waals surface area (Å²) in [4.78, 5) is 12.8. The van der Waals surface area contributed by atoms with Gasteiger partial charge in [0.2, 0.25) is 0 Å². The zero-order valence-corrected chi connectivity index (χ0v) is 15.9. The van der Waals surface area contributed by atoms with Crippen LogP contribution in [-0.2, 0) is 0 Å². The molecule has 1 N–H and O–H groups in total. The molecule has 0 saturated carbocycles. The summed E-state index contributed by atoms with van der Waals surface area (Å²) in [5, 5.41) is 3.99. The number of nitrogens with one attached hydrogen (secondary N) is 1. The summed E-state index contributed by atoms with van der Waals surface area (Å²) >= 11 is 0. The van der Waals surface area contributed by atoms with Gasteiger partial charge in [-0.3, -0.25) is 4.79 Å². The number of methoxy groups -OCH3 is 2. The first-order valence-electron chi connectivity index (χ1n) is 8.75. The molecule has 0 aliphatic rings. The van der Waals surface area contributed by atoms with E-state index >= 15 is 0 Å². The maximum atomic E-state index is 12.8. The molecule has 5 nitrogen and oxygen atoms in total. The molecule has 27 heavy (non-hydrogen) atoms. The number of ether oxygens (including phenoxy) is 2. The summed E-state index contributed by atoms with van der Waals surface area (Å²) in [5.74, 6) is 1.60. The Morgan fingerprint density at radius 2 is 1.93 bits per heavy atom. The molecule has 0 fully saturated rings. The van der Waals surface area contributed by atoms with Crippen molar-refractivity contribution < 1.29 is 18.7 Å². The topological polar surface area (TPSA) is 60.7 Å². The monoisotopic (exact) mass is 365 g/mol. The number of para-hydroxylation sites is 1. The number of carbonyl (C=O) groups is 1. The van der Waals surface area contributed by atoms with Gasteiger partial charge < -0.3 is 19.2 Å². The van der Waals surface area contributed by atoms with Crippen LogP contribution in [0.25, 0.3) is 17.0 Å². The van der Waals surface area contributed by atoms with Gasteiger partial charge in [-0.2, -0.15) is 0 Å². The Bertz CT molecular complexity index is 954. The highest BCUT2D eigenvalue weighted by atomic mass is 16.5. The van der Waals surface area contributed by atoms with Crippen LogP contribution < -0.4 is 14.8 Å². The SMILES string of the molecule is CC=Cc1cc(C(=O)NC(C)c2cc3ccccc3o2)cc(OC)c1OC. The van der Waals surface area contributed by atoms with Gasteiger partial charge in [0.1, 0.15) is 11.3 Å². The highest BCUT2D eigenvalue weighted by Gasteiger charge is 2.18. The molecule has 2 aromatic carbocycles. The van der Waals surface area contributed by atoms with Crippen molar-refractivity contribution in [2.24, 2.45) is 0 Å². The molecule has 0 aliphatic carbocycles. The van der Waals surface area contributed by atoms with E-state index in [0.29, 0.717) is 22.8 Å². The Labute approximate surface area is 158 Å². The molecular weight excluding hydrogens is 342 g/mol. The molecule has 0 bridgehead atoms. The van der Waals surface area contributed by atoms with Gasteiger partial charge in [-0.25, -0.2) is 0 Å². The van der Waals surface area contributed by atoms with E-state index < -0.39 is 0 Å². The van der Waals surface area contributed by atoms with Crippen molar-refractivity contribution >= 4 is 23.0 Å². The molecule has 3 rings (SSSR count). The van der Waals surface area contributed by atoms with E-state index in [1.54, 1.807) is 26.4 Å². The normalized spacial score (nSPS) is 12.3. The van der Waals surface area contributed by atoms with Crippen molar-refractivity contribution in [2.75, 3.05) is 14.2 Å². The highest BCUT2D eigenvalue weighted by molar-refractivity contribution is 5.96. The maximum absolute atomic E-state index is 12.8. The van der Waals surface area contributed by atoms with Crippen LogP contribution in [0.3, 0.4) is 0 Å². The molecule has 0 aliphatic heterocycles. The average Bonchev–Trinajstić information content (AvgIpc) is 3.12. The molecule has 5 heteroatoms. The molecule has 0 spiro atoms. The van der Waals surface area contributed by atoms with Crippen LogP contribution in [0.4, 0.5) is 0 Å². The van der Waals surface area contributed by atoms with Crippen LogP contribution in [0, 0.1) is 0 Å². The Hall–Kier alpha value is -3.21. The minimum absolute atomic E-state index is 0.213. The van der Waals surface area contributed by atoms with Crippen LogP contribution >= 0.6 is 0 Å². The van der Waals surface area contributed by atoms with Crippen molar-refractivity contribution in [2.45, 2.75) is 19.9 Å². The van der Waals surface area contributed by atoms with Gasteiger partial charge in [-0.15, -0.1) is 0 Å². The van der Waals surface area contributed by atoms with Gasteiger partial charge in [-0.05, 0) is 38.1 Å². The molecule has 140 valence electrons. The number of benzene rings is 2. The molecule has 1 aromatic heterocycles. The van der Waals surface area contributed by atoms with Crippen molar-refractivity contribution in [3.63, 3.8) is 0 Å². The Morgan fingerprint density at radius 1 is 1.15 bits per heavy atom. The quantitative estimate of drug-likeness (QED) is 0.670. The van der Waals surface area contributed by atoms with Crippen molar-refractivity contribution in [1.82, 2.24) is 5.32 Å². The molecule has 1 amide bonds. The Balaban J connectivity index is 1.87. The Morgan fingerprint density at radius 3 is 2.59 bits per heavy atom. The first kappa shape index (κ1) is 18.6.